The van der Waals surface area contributed by atoms with Gasteiger partial charge < -0.3 is 10.1 Å². The third-order valence-electron chi connectivity index (χ3n) is 5.95. The SMILES string of the molecule is CCCOc1cccc(-c2nn(-c3ccccc3)cc2C=C(C#N)C(=O)NC2CCCCC2)c1. The van der Waals surface area contributed by atoms with Crippen LogP contribution in [0.5, 0.6) is 5.75 Å². The van der Waals surface area contributed by atoms with Gasteiger partial charge in [0, 0.05) is 23.4 Å². The molecule has 6 nitrogen and oxygen atoms in total. The van der Waals surface area contributed by atoms with Crippen molar-refractivity contribution in [2.45, 2.75) is 51.5 Å². The summed E-state index contributed by atoms with van der Waals surface area (Å²) in [6, 6.07) is 19.8. The Labute approximate surface area is 200 Å². The molecule has 1 aliphatic rings. The molecule has 0 spiro atoms. The van der Waals surface area contributed by atoms with Gasteiger partial charge in [-0.2, -0.15) is 10.4 Å². The Hall–Kier alpha value is -3.85. The van der Waals surface area contributed by atoms with E-state index in [2.05, 4.69) is 18.3 Å². The zero-order valence-electron chi connectivity index (χ0n) is 19.5. The number of aromatic nitrogens is 2. The molecule has 0 atom stereocenters. The number of nitrogens with zero attached hydrogens (tertiary/aromatic N) is 3. The van der Waals surface area contributed by atoms with Crippen LogP contribution in [0.15, 0.2) is 66.4 Å². The normalized spacial score (nSPS) is 14.4. The first-order valence-corrected chi connectivity index (χ1v) is 12.0. The lowest BCUT2D eigenvalue weighted by Crippen LogP contribution is -2.36. The van der Waals surface area contributed by atoms with Gasteiger partial charge in [-0.05, 0) is 49.6 Å². The topological polar surface area (TPSA) is 79.9 Å². The molecule has 1 aromatic heterocycles. The lowest BCUT2D eigenvalue weighted by molar-refractivity contribution is -0.117. The van der Waals surface area contributed by atoms with Crippen molar-refractivity contribution in [3.05, 3.63) is 71.9 Å². The van der Waals surface area contributed by atoms with Gasteiger partial charge in [-0.1, -0.05) is 56.5 Å². The van der Waals surface area contributed by atoms with Crippen molar-refractivity contribution >= 4 is 12.0 Å². The van der Waals surface area contributed by atoms with Crippen LogP contribution in [-0.4, -0.2) is 28.3 Å². The van der Waals surface area contributed by atoms with Crippen LogP contribution in [0.2, 0.25) is 0 Å². The second-order valence-corrected chi connectivity index (χ2v) is 8.57. The maximum absolute atomic E-state index is 12.9. The Balaban J connectivity index is 1.70. The van der Waals surface area contributed by atoms with E-state index in [4.69, 9.17) is 9.84 Å². The van der Waals surface area contributed by atoms with E-state index in [0.717, 1.165) is 49.1 Å². The maximum Gasteiger partial charge on any atom is 0.262 e. The number of nitrogens with one attached hydrogen (secondary N) is 1. The van der Waals surface area contributed by atoms with E-state index in [0.29, 0.717) is 17.9 Å². The van der Waals surface area contributed by atoms with E-state index < -0.39 is 0 Å². The largest absolute Gasteiger partial charge is 0.494 e. The van der Waals surface area contributed by atoms with Gasteiger partial charge in [0.05, 0.1) is 12.3 Å². The summed E-state index contributed by atoms with van der Waals surface area (Å²) < 4.78 is 7.58. The highest BCUT2D eigenvalue weighted by molar-refractivity contribution is 6.02. The maximum atomic E-state index is 12.9. The van der Waals surface area contributed by atoms with Crippen LogP contribution < -0.4 is 10.1 Å². The van der Waals surface area contributed by atoms with Gasteiger partial charge in [0.1, 0.15) is 23.1 Å². The summed E-state index contributed by atoms with van der Waals surface area (Å²) >= 11 is 0. The average molecular weight is 455 g/mol. The fourth-order valence-corrected chi connectivity index (χ4v) is 4.20. The quantitative estimate of drug-likeness (QED) is 0.351. The summed E-state index contributed by atoms with van der Waals surface area (Å²) in [6.45, 7) is 2.70. The van der Waals surface area contributed by atoms with Crippen LogP contribution in [0.25, 0.3) is 23.0 Å². The third kappa shape index (κ3) is 5.74. The fourth-order valence-electron chi connectivity index (χ4n) is 4.20. The molecule has 2 aromatic carbocycles. The van der Waals surface area contributed by atoms with Crippen LogP contribution in [0.3, 0.4) is 0 Å². The summed E-state index contributed by atoms with van der Waals surface area (Å²) in [5.74, 6) is 0.437. The second kappa shape index (κ2) is 11.3. The molecule has 1 aliphatic carbocycles. The lowest BCUT2D eigenvalue weighted by atomic mass is 9.95. The Bertz CT molecular complexity index is 1180. The van der Waals surface area contributed by atoms with Crippen molar-refractivity contribution in [3.63, 3.8) is 0 Å². The first-order chi connectivity index (χ1) is 16.7. The number of rotatable bonds is 8. The molecule has 4 rings (SSSR count). The zero-order chi connectivity index (χ0) is 23.8. The first-order valence-electron chi connectivity index (χ1n) is 12.0. The van der Waals surface area contributed by atoms with Crippen LogP contribution in [0, 0.1) is 11.3 Å². The van der Waals surface area contributed by atoms with E-state index in [9.17, 15) is 10.1 Å². The summed E-state index contributed by atoms with van der Waals surface area (Å²) in [4.78, 5) is 12.9. The van der Waals surface area contributed by atoms with Gasteiger partial charge in [0.25, 0.3) is 5.91 Å². The first kappa shape index (κ1) is 23.3. The number of ether oxygens (including phenoxy) is 1. The van der Waals surface area contributed by atoms with E-state index in [-0.39, 0.29) is 17.5 Å². The third-order valence-corrected chi connectivity index (χ3v) is 5.95. The molecular weight excluding hydrogens is 424 g/mol. The summed E-state index contributed by atoms with van der Waals surface area (Å²) in [7, 11) is 0. The molecule has 0 unspecified atom stereocenters. The Kier molecular flexibility index (Phi) is 7.77. The highest BCUT2D eigenvalue weighted by Crippen LogP contribution is 2.29. The minimum Gasteiger partial charge on any atom is -0.494 e. The number of carbonyl (C=O) groups is 1. The lowest BCUT2D eigenvalue weighted by Gasteiger charge is -2.22. The van der Waals surface area contributed by atoms with Crippen molar-refractivity contribution in [2.75, 3.05) is 6.61 Å². The Morgan fingerprint density at radius 3 is 2.71 bits per heavy atom. The molecule has 6 heteroatoms. The number of nitriles is 1. The van der Waals surface area contributed by atoms with Crippen molar-refractivity contribution in [1.82, 2.24) is 15.1 Å². The van der Waals surface area contributed by atoms with Gasteiger partial charge in [-0.3, -0.25) is 4.79 Å². The van der Waals surface area contributed by atoms with E-state index in [1.165, 1.54) is 6.42 Å². The number of hydrogen-bond donors (Lipinski definition) is 1. The molecule has 1 fully saturated rings. The molecule has 1 heterocycles. The highest BCUT2D eigenvalue weighted by Gasteiger charge is 2.20. The van der Waals surface area contributed by atoms with Crippen molar-refractivity contribution in [2.24, 2.45) is 0 Å². The van der Waals surface area contributed by atoms with Crippen LogP contribution in [-0.2, 0) is 4.79 Å². The molecule has 0 saturated heterocycles. The van der Waals surface area contributed by atoms with Gasteiger partial charge in [0.15, 0.2) is 0 Å². The summed E-state index contributed by atoms with van der Waals surface area (Å²) in [5.41, 5.74) is 3.22. The summed E-state index contributed by atoms with van der Waals surface area (Å²) in [6.07, 6.45) is 9.77. The molecule has 1 N–H and O–H groups in total. The molecule has 0 aliphatic heterocycles. The zero-order valence-corrected chi connectivity index (χ0v) is 19.5. The van der Waals surface area contributed by atoms with Crippen LogP contribution in [0.4, 0.5) is 0 Å². The van der Waals surface area contributed by atoms with Crippen molar-refractivity contribution in [1.29, 1.82) is 5.26 Å². The Morgan fingerprint density at radius 2 is 1.97 bits per heavy atom. The second-order valence-electron chi connectivity index (χ2n) is 8.57. The van der Waals surface area contributed by atoms with Crippen molar-refractivity contribution < 1.29 is 9.53 Å². The molecule has 174 valence electrons. The molecule has 1 amide bonds. The molecule has 0 bridgehead atoms. The minimum absolute atomic E-state index is 0.0813. The average Bonchev–Trinajstić information content (AvgIpc) is 3.31. The smallest absolute Gasteiger partial charge is 0.262 e. The van der Waals surface area contributed by atoms with Gasteiger partial charge in [0.2, 0.25) is 0 Å². The number of para-hydroxylation sites is 1. The Morgan fingerprint density at radius 1 is 1.18 bits per heavy atom. The van der Waals surface area contributed by atoms with E-state index in [1.54, 1.807) is 10.8 Å². The number of benzene rings is 2. The number of carbonyl (C=O) groups excluding carboxylic acids is 1. The number of amides is 1. The molecule has 34 heavy (non-hydrogen) atoms. The monoisotopic (exact) mass is 454 g/mol. The van der Waals surface area contributed by atoms with E-state index >= 15 is 0 Å². The standard InChI is InChI=1S/C28H30N4O2/c1-2-16-34-26-15-9-10-21(18-26)27-23(20-32(31-27)25-13-7-4-8-14-25)17-22(19-29)28(33)30-24-11-5-3-6-12-24/h4,7-10,13-15,17-18,20,24H,2-3,5-6,11-12,16H2,1H3,(H,30,33). The predicted molar refractivity (Wildman–Crippen MR) is 133 cm³/mol. The highest BCUT2D eigenvalue weighted by atomic mass is 16.5. The van der Waals surface area contributed by atoms with E-state index in [1.807, 2.05) is 60.8 Å². The van der Waals surface area contributed by atoms with Crippen molar-refractivity contribution in [3.8, 4) is 28.8 Å². The molecule has 3 aromatic rings. The fraction of sp³-hybridized carbons (Fsp3) is 0.321. The molecular formula is C28H30N4O2. The minimum atomic E-state index is -0.326. The molecule has 1 saturated carbocycles. The van der Waals surface area contributed by atoms with Gasteiger partial charge in [-0.25, -0.2) is 4.68 Å². The molecule has 0 radical (unpaired) electrons. The van der Waals surface area contributed by atoms with Gasteiger partial charge in [-0.15, -0.1) is 0 Å². The number of hydrogen-bond acceptors (Lipinski definition) is 4. The predicted octanol–water partition coefficient (Wildman–Crippen LogP) is 5.68. The summed E-state index contributed by atoms with van der Waals surface area (Å²) in [5, 5.41) is 17.6. The van der Waals surface area contributed by atoms with Crippen LogP contribution in [0.1, 0.15) is 51.0 Å². The van der Waals surface area contributed by atoms with Crippen LogP contribution >= 0.6 is 0 Å². The van der Waals surface area contributed by atoms with Gasteiger partial charge >= 0.3 is 0 Å².